The molecule has 0 N–H and O–H groups in total. The lowest BCUT2D eigenvalue weighted by atomic mass is 10.4. The van der Waals surface area contributed by atoms with Crippen molar-refractivity contribution >= 4 is 27.4 Å². The molecule has 0 aliphatic carbocycles. The van der Waals surface area contributed by atoms with E-state index in [0.717, 1.165) is 0 Å². The molecule has 0 aliphatic rings. The van der Waals surface area contributed by atoms with Crippen molar-refractivity contribution in [1.82, 2.24) is 4.98 Å². The summed E-state index contributed by atoms with van der Waals surface area (Å²) >= 11 is 0.129. The van der Waals surface area contributed by atoms with E-state index in [-0.39, 0.29) is 17.9 Å². The highest BCUT2D eigenvalue weighted by Crippen LogP contribution is 2.35. The van der Waals surface area contributed by atoms with E-state index < -0.39 is 55.0 Å². The van der Waals surface area contributed by atoms with E-state index in [4.69, 9.17) is 0 Å². The van der Waals surface area contributed by atoms with Gasteiger partial charge in [0.25, 0.3) is 0 Å². The van der Waals surface area contributed by atoms with Gasteiger partial charge >= 0.3 is 12.3 Å². The van der Waals surface area contributed by atoms with Crippen LogP contribution in [0, 0.1) is 0 Å². The molecule has 0 unspecified atom stereocenters. The summed E-state index contributed by atoms with van der Waals surface area (Å²) in [6, 6.07) is 0. The highest BCUT2D eigenvalue weighted by molar-refractivity contribution is 7.93. The molecule has 0 saturated heterocycles. The van der Waals surface area contributed by atoms with Gasteiger partial charge in [-0.3, -0.25) is 0 Å². The molecule has 0 atom stereocenters. The van der Waals surface area contributed by atoms with E-state index in [0.29, 0.717) is 6.21 Å². The predicted molar refractivity (Wildman–Crippen MR) is 73.4 cm³/mol. The van der Waals surface area contributed by atoms with Gasteiger partial charge in [-0.1, -0.05) is 5.16 Å². The molecule has 0 saturated carbocycles. The molecule has 1 aromatic heterocycles. The summed E-state index contributed by atoms with van der Waals surface area (Å²) in [5, 5.41) is 3.21. The molecular formula is C11H10F6N2O3S2. The molecule has 5 nitrogen and oxygen atoms in total. The zero-order valence-electron chi connectivity index (χ0n) is 11.9. The van der Waals surface area contributed by atoms with Crippen molar-refractivity contribution in [2.75, 3.05) is 12.4 Å². The molecule has 1 heterocycles. The van der Waals surface area contributed by atoms with Gasteiger partial charge in [0.2, 0.25) is 14.2 Å². The van der Waals surface area contributed by atoms with Gasteiger partial charge in [-0.15, -0.1) is 11.3 Å². The SMILES string of the molecule is CCON=Cc1sc(S(=O)(=O)CCC(F)=C(F)F)nc1C(F)(F)F. The van der Waals surface area contributed by atoms with Crippen LogP contribution in [0.25, 0.3) is 0 Å². The molecule has 0 amide bonds. The first kappa shape index (κ1) is 20.4. The first-order chi connectivity index (χ1) is 11.0. The third kappa shape index (κ3) is 5.47. The Morgan fingerprint density at radius 1 is 1.33 bits per heavy atom. The maximum absolute atomic E-state index is 12.9. The summed E-state index contributed by atoms with van der Waals surface area (Å²) < 4.78 is 97.8. The third-order valence-electron chi connectivity index (χ3n) is 2.34. The van der Waals surface area contributed by atoms with Crippen molar-refractivity contribution in [3.63, 3.8) is 0 Å². The van der Waals surface area contributed by atoms with E-state index in [1.165, 1.54) is 6.92 Å². The van der Waals surface area contributed by atoms with E-state index in [9.17, 15) is 34.8 Å². The van der Waals surface area contributed by atoms with Crippen LogP contribution in [-0.4, -0.2) is 32.0 Å². The number of rotatable bonds is 7. The number of sulfone groups is 1. The fraction of sp³-hybridized carbons (Fsp3) is 0.455. The molecule has 0 aromatic carbocycles. The Morgan fingerprint density at radius 3 is 2.46 bits per heavy atom. The lowest BCUT2D eigenvalue weighted by Gasteiger charge is -2.02. The first-order valence-corrected chi connectivity index (χ1v) is 8.61. The van der Waals surface area contributed by atoms with Crippen LogP contribution in [0.3, 0.4) is 0 Å². The largest absolute Gasteiger partial charge is 0.434 e. The number of oxime groups is 1. The van der Waals surface area contributed by atoms with E-state index >= 15 is 0 Å². The number of halogens is 6. The fourth-order valence-corrected chi connectivity index (χ4v) is 3.86. The maximum Gasteiger partial charge on any atom is 0.434 e. The summed E-state index contributed by atoms with van der Waals surface area (Å²) in [6.07, 6.45) is -8.18. The lowest BCUT2D eigenvalue weighted by molar-refractivity contribution is -0.141. The van der Waals surface area contributed by atoms with Crippen molar-refractivity contribution in [1.29, 1.82) is 0 Å². The molecule has 1 aromatic rings. The van der Waals surface area contributed by atoms with Crippen LogP contribution in [0.4, 0.5) is 26.3 Å². The summed E-state index contributed by atoms with van der Waals surface area (Å²) in [6.45, 7) is 1.60. The topological polar surface area (TPSA) is 68.6 Å². The Morgan fingerprint density at radius 2 is 1.96 bits per heavy atom. The Hall–Kier alpha value is -1.63. The van der Waals surface area contributed by atoms with E-state index in [1.54, 1.807) is 0 Å². The molecule has 1 rings (SSSR count). The van der Waals surface area contributed by atoms with E-state index in [1.807, 2.05) is 0 Å². The Labute approximate surface area is 136 Å². The second kappa shape index (κ2) is 7.96. The zero-order valence-corrected chi connectivity index (χ0v) is 13.5. The third-order valence-corrected chi connectivity index (χ3v) is 5.50. The van der Waals surface area contributed by atoms with Crippen molar-refractivity contribution < 1.29 is 39.6 Å². The standard InChI is InChI=1S/C11H10F6N2O3S2/c1-2-22-18-5-7-8(11(15,16)17)19-10(23-7)24(20,21)4-3-6(12)9(13)14/h5H,2-4H2,1H3. The second-order valence-corrected chi connectivity index (χ2v) is 7.39. The molecule has 24 heavy (non-hydrogen) atoms. The first-order valence-electron chi connectivity index (χ1n) is 6.14. The highest BCUT2D eigenvalue weighted by Gasteiger charge is 2.39. The summed E-state index contributed by atoms with van der Waals surface area (Å²) in [5.41, 5.74) is -1.51. The van der Waals surface area contributed by atoms with Crippen LogP contribution in [-0.2, 0) is 20.9 Å². The van der Waals surface area contributed by atoms with Crippen LogP contribution in [0.1, 0.15) is 23.9 Å². The predicted octanol–water partition coefficient (Wildman–Crippen LogP) is 3.77. The molecule has 13 heteroatoms. The number of hydrogen-bond donors (Lipinski definition) is 0. The molecule has 0 radical (unpaired) electrons. The van der Waals surface area contributed by atoms with Crippen molar-refractivity contribution in [3.05, 3.63) is 22.5 Å². The number of alkyl halides is 3. The molecule has 136 valence electrons. The minimum Gasteiger partial charge on any atom is -0.396 e. The number of allylic oxidation sites excluding steroid dienone is 1. The van der Waals surface area contributed by atoms with Gasteiger partial charge < -0.3 is 4.84 Å². The van der Waals surface area contributed by atoms with Crippen LogP contribution in [0.2, 0.25) is 0 Å². The van der Waals surface area contributed by atoms with Crippen LogP contribution < -0.4 is 0 Å². The molecular weight excluding hydrogens is 386 g/mol. The Balaban J connectivity index is 3.18. The number of hydrogen-bond acceptors (Lipinski definition) is 6. The molecule has 0 spiro atoms. The van der Waals surface area contributed by atoms with Gasteiger partial charge in [0, 0.05) is 6.42 Å². The Kier molecular flexibility index (Phi) is 6.77. The van der Waals surface area contributed by atoms with Gasteiger partial charge in [-0.25, -0.2) is 17.8 Å². The van der Waals surface area contributed by atoms with Gasteiger partial charge in [0.1, 0.15) is 6.61 Å². The average Bonchev–Trinajstić information content (AvgIpc) is 2.90. The number of thiazole rings is 1. The molecule has 0 aliphatic heterocycles. The summed E-state index contributed by atoms with van der Waals surface area (Å²) in [7, 11) is -4.48. The minimum atomic E-state index is -4.96. The average molecular weight is 396 g/mol. The normalized spacial score (nSPS) is 12.6. The van der Waals surface area contributed by atoms with Crippen LogP contribution >= 0.6 is 11.3 Å². The smallest absolute Gasteiger partial charge is 0.396 e. The molecule has 0 fully saturated rings. The lowest BCUT2D eigenvalue weighted by Crippen LogP contribution is -2.11. The monoisotopic (exact) mass is 396 g/mol. The minimum absolute atomic E-state index is 0.0716. The fourth-order valence-electron chi connectivity index (χ4n) is 1.30. The van der Waals surface area contributed by atoms with Crippen LogP contribution in [0.15, 0.2) is 21.4 Å². The second-order valence-electron chi connectivity index (χ2n) is 4.08. The number of aromatic nitrogens is 1. The van der Waals surface area contributed by atoms with Crippen molar-refractivity contribution in [2.24, 2.45) is 5.16 Å². The van der Waals surface area contributed by atoms with Crippen molar-refractivity contribution in [2.45, 2.75) is 23.9 Å². The van der Waals surface area contributed by atoms with E-state index in [2.05, 4.69) is 15.0 Å². The number of nitrogens with zero attached hydrogens (tertiary/aromatic N) is 2. The van der Waals surface area contributed by atoms with Gasteiger partial charge in [0.15, 0.2) is 11.5 Å². The highest BCUT2D eigenvalue weighted by atomic mass is 32.2. The van der Waals surface area contributed by atoms with Gasteiger partial charge in [-0.05, 0) is 6.92 Å². The van der Waals surface area contributed by atoms with Crippen LogP contribution in [0.5, 0.6) is 0 Å². The quantitative estimate of drug-likeness (QED) is 0.400. The maximum atomic E-state index is 12.9. The van der Waals surface area contributed by atoms with Crippen molar-refractivity contribution in [3.8, 4) is 0 Å². The summed E-state index contributed by atoms with van der Waals surface area (Å²) in [4.78, 5) is 6.85. The van der Waals surface area contributed by atoms with Gasteiger partial charge in [0.05, 0.1) is 16.8 Å². The molecule has 0 bridgehead atoms. The van der Waals surface area contributed by atoms with Gasteiger partial charge in [-0.2, -0.15) is 22.0 Å². The zero-order chi connectivity index (χ0) is 18.5. The summed E-state index contributed by atoms with van der Waals surface area (Å²) in [5.74, 6) is -3.10. The Bertz CT molecular complexity index is 735.